The maximum Gasteiger partial charge on any atom is 0.325 e. The smallest absolute Gasteiger partial charge is 0.325 e. The average molecular weight is 388 g/mol. The SMILES string of the molecule is NCCN(C(C(=O)O)c1ccccc1CO)C(C(=O)O)c1ccccc1CO. The van der Waals surface area contributed by atoms with Crippen LogP contribution in [-0.4, -0.2) is 50.4 Å². The normalized spacial score (nSPS) is 13.3. The molecule has 0 aliphatic heterocycles. The molecule has 0 saturated carbocycles. The van der Waals surface area contributed by atoms with Crippen LogP contribution in [0, 0.1) is 0 Å². The van der Waals surface area contributed by atoms with Gasteiger partial charge in [-0.2, -0.15) is 0 Å². The Kier molecular flexibility index (Phi) is 7.65. The first kappa shape index (κ1) is 21.5. The van der Waals surface area contributed by atoms with E-state index >= 15 is 0 Å². The number of rotatable bonds is 10. The molecule has 0 aliphatic carbocycles. The summed E-state index contributed by atoms with van der Waals surface area (Å²) in [7, 11) is 0. The summed E-state index contributed by atoms with van der Waals surface area (Å²) in [4.78, 5) is 25.7. The van der Waals surface area contributed by atoms with E-state index in [2.05, 4.69) is 0 Å². The van der Waals surface area contributed by atoms with Gasteiger partial charge in [0.2, 0.25) is 0 Å². The van der Waals surface area contributed by atoms with Crippen molar-refractivity contribution < 1.29 is 30.0 Å². The summed E-state index contributed by atoms with van der Waals surface area (Å²) < 4.78 is 0. The van der Waals surface area contributed by atoms with Crippen molar-refractivity contribution in [2.24, 2.45) is 5.73 Å². The molecule has 0 fully saturated rings. The fourth-order valence-electron chi connectivity index (χ4n) is 3.35. The quantitative estimate of drug-likeness (QED) is 0.403. The van der Waals surface area contributed by atoms with Gasteiger partial charge in [0.15, 0.2) is 0 Å². The topological polar surface area (TPSA) is 144 Å². The third kappa shape index (κ3) is 4.55. The summed E-state index contributed by atoms with van der Waals surface area (Å²) >= 11 is 0. The number of benzene rings is 2. The molecule has 0 aromatic heterocycles. The van der Waals surface area contributed by atoms with Gasteiger partial charge >= 0.3 is 11.9 Å². The number of nitrogens with two attached hydrogens (primary N) is 1. The molecule has 8 heteroatoms. The van der Waals surface area contributed by atoms with E-state index in [1.165, 1.54) is 4.90 Å². The average Bonchev–Trinajstić information content (AvgIpc) is 2.68. The molecule has 150 valence electrons. The van der Waals surface area contributed by atoms with E-state index in [-0.39, 0.29) is 26.3 Å². The van der Waals surface area contributed by atoms with E-state index in [1.54, 1.807) is 48.5 Å². The zero-order valence-electron chi connectivity index (χ0n) is 15.2. The highest BCUT2D eigenvalue weighted by molar-refractivity contribution is 5.80. The first-order chi connectivity index (χ1) is 13.5. The lowest BCUT2D eigenvalue weighted by Gasteiger charge is -2.35. The number of nitrogens with zero attached hydrogens (tertiary/aromatic N) is 1. The zero-order chi connectivity index (χ0) is 20.7. The molecule has 0 spiro atoms. The van der Waals surface area contributed by atoms with Crippen molar-refractivity contribution in [1.29, 1.82) is 0 Å². The van der Waals surface area contributed by atoms with Gasteiger partial charge in [-0.1, -0.05) is 48.5 Å². The van der Waals surface area contributed by atoms with Crippen LogP contribution in [0.3, 0.4) is 0 Å². The molecular formula is C20H24N2O6. The number of aliphatic hydroxyl groups is 2. The predicted octanol–water partition coefficient (Wildman–Crippen LogP) is 0.884. The van der Waals surface area contributed by atoms with Gasteiger partial charge < -0.3 is 26.2 Å². The highest BCUT2D eigenvalue weighted by atomic mass is 16.4. The first-order valence-electron chi connectivity index (χ1n) is 8.75. The van der Waals surface area contributed by atoms with E-state index < -0.39 is 24.0 Å². The lowest BCUT2D eigenvalue weighted by atomic mass is 9.93. The Hall–Kier alpha value is -2.78. The maximum absolute atomic E-state index is 12.2. The van der Waals surface area contributed by atoms with Crippen LogP contribution in [0.2, 0.25) is 0 Å². The minimum absolute atomic E-state index is 0.0204. The number of hydrogen-bond donors (Lipinski definition) is 5. The Bertz CT molecular complexity index is 760. The Morgan fingerprint density at radius 2 is 1.21 bits per heavy atom. The molecule has 2 aromatic rings. The second-order valence-electron chi connectivity index (χ2n) is 6.22. The van der Waals surface area contributed by atoms with Crippen LogP contribution in [0.25, 0.3) is 0 Å². The summed E-state index contributed by atoms with van der Waals surface area (Å²) in [6, 6.07) is 10.2. The fourth-order valence-corrected chi connectivity index (χ4v) is 3.35. The van der Waals surface area contributed by atoms with Crippen LogP contribution in [-0.2, 0) is 22.8 Å². The molecule has 2 rings (SSSR count). The van der Waals surface area contributed by atoms with Gasteiger partial charge in [0.05, 0.1) is 13.2 Å². The van der Waals surface area contributed by atoms with Gasteiger partial charge in [-0.15, -0.1) is 0 Å². The van der Waals surface area contributed by atoms with Crippen LogP contribution in [0.5, 0.6) is 0 Å². The fraction of sp³-hybridized carbons (Fsp3) is 0.300. The summed E-state index contributed by atoms with van der Waals surface area (Å²) in [5.74, 6) is -2.52. The highest BCUT2D eigenvalue weighted by Crippen LogP contribution is 2.34. The van der Waals surface area contributed by atoms with Crippen LogP contribution in [0.1, 0.15) is 34.3 Å². The Labute approximate surface area is 162 Å². The second kappa shape index (κ2) is 9.95. The molecule has 0 aliphatic rings. The summed E-state index contributed by atoms with van der Waals surface area (Å²) in [6.45, 7) is -0.771. The largest absolute Gasteiger partial charge is 0.480 e. The number of carboxylic acids is 2. The summed E-state index contributed by atoms with van der Waals surface area (Å²) in [5, 5.41) is 39.1. The Balaban J connectivity index is 2.66. The first-order valence-corrected chi connectivity index (χ1v) is 8.75. The van der Waals surface area contributed by atoms with E-state index in [9.17, 15) is 30.0 Å². The van der Waals surface area contributed by atoms with Gasteiger partial charge in [-0.05, 0) is 22.3 Å². The lowest BCUT2D eigenvalue weighted by Crippen LogP contribution is -2.43. The van der Waals surface area contributed by atoms with Gasteiger partial charge in [0.1, 0.15) is 12.1 Å². The summed E-state index contributed by atoms with van der Waals surface area (Å²) in [5.41, 5.74) is 7.03. The number of aliphatic carboxylic acids is 2. The van der Waals surface area contributed by atoms with Crippen molar-refractivity contribution in [3.63, 3.8) is 0 Å². The molecule has 0 saturated heterocycles. The van der Waals surface area contributed by atoms with Crippen LogP contribution < -0.4 is 5.73 Å². The molecule has 6 N–H and O–H groups in total. The lowest BCUT2D eigenvalue weighted by molar-refractivity contribution is -0.151. The molecule has 2 aromatic carbocycles. The Morgan fingerprint density at radius 1 is 0.821 bits per heavy atom. The Morgan fingerprint density at radius 3 is 1.54 bits per heavy atom. The van der Waals surface area contributed by atoms with Crippen molar-refractivity contribution in [1.82, 2.24) is 4.90 Å². The number of hydrogen-bond acceptors (Lipinski definition) is 6. The van der Waals surface area contributed by atoms with Crippen molar-refractivity contribution in [3.8, 4) is 0 Å². The second-order valence-corrected chi connectivity index (χ2v) is 6.22. The summed E-state index contributed by atoms with van der Waals surface area (Å²) in [6.07, 6.45) is 0. The van der Waals surface area contributed by atoms with Crippen LogP contribution >= 0.6 is 0 Å². The van der Waals surface area contributed by atoms with E-state index in [1.807, 2.05) is 0 Å². The minimum Gasteiger partial charge on any atom is -0.480 e. The van der Waals surface area contributed by atoms with Crippen molar-refractivity contribution in [3.05, 3.63) is 70.8 Å². The molecule has 0 radical (unpaired) electrons. The molecular weight excluding hydrogens is 364 g/mol. The van der Waals surface area contributed by atoms with Gasteiger partial charge in [0.25, 0.3) is 0 Å². The zero-order valence-corrected chi connectivity index (χ0v) is 15.2. The van der Waals surface area contributed by atoms with Crippen molar-refractivity contribution in [2.75, 3.05) is 13.1 Å². The maximum atomic E-state index is 12.2. The van der Waals surface area contributed by atoms with Gasteiger partial charge in [-0.25, -0.2) is 0 Å². The van der Waals surface area contributed by atoms with Crippen molar-refractivity contribution in [2.45, 2.75) is 25.3 Å². The highest BCUT2D eigenvalue weighted by Gasteiger charge is 2.38. The predicted molar refractivity (Wildman–Crippen MR) is 101 cm³/mol. The number of carbonyl (C=O) groups is 2. The number of carboxylic acid groups (broad SMARTS) is 2. The monoisotopic (exact) mass is 388 g/mol. The van der Waals surface area contributed by atoms with Gasteiger partial charge in [-0.3, -0.25) is 14.5 Å². The molecule has 0 bridgehead atoms. The minimum atomic E-state index is -1.35. The molecule has 0 heterocycles. The molecule has 28 heavy (non-hydrogen) atoms. The number of aliphatic hydroxyl groups excluding tert-OH is 2. The molecule has 2 atom stereocenters. The van der Waals surface area contributed by atoms with E-state index in [0.717, 1.165) is 0 Å². The van der Waals surface area contributed by atoms with Gasteiger partial charge in [0, 0.05) is 13.1 Å². The van der Waals surface area contributed by atoms with E-state index in [0.29, 0.717) is 22.3 Å². The molecule has 2 unspecified atom stereocenters. The van der Waals surface area contributed by atoms with Crippen molar-refractivity contribution >= 4 is 11.9 Å². The van der Waals surface area contributed by atoms with Crippen LogP contribution in [0.4, 0.5) is 0 Å². The molecule has 8 nitrogen and oxygen atoms in total. The third-order valence-electron chi connectivity index (χ3n) is 4.56. The standard InChI is InChI=1S/C20H24N2O6/c21-9-10-22(17(19(25)26)15-7-3-1-5-13(15)11-23)18(20(27)28)16-8-4-2-6-14(16)12-24/h1-8,17-18,23-24H,9-12,21H2,(H,25,26)(H,27,28). The van der Waals surface area contributed by atoms with Crippen LogP contribution in [0.15, 0.2) is 48.5 Å². The van der Waals surface area contributed by atoms with E-state index in [4.69, 9.17) is 5.73 Å². The molecule has 0 amide bonds. The third-order valence-corrected chi connectivity index (χ3v) is 4.56.